The molecule has 0 bridgehead atoms. The standard InChI is InChI=1S/C22H26N4O4S/c1-16(21(27)23-18-7-3-2-4-8-18)24-31(29,30)19-9-10-20-17(15-19)11-14-26(20)22(28)25-12-5-6-13-25/h2-4,7-10,15-16,24H,5-6,11-14H2,1H3,(H,23,27). The first kappa shape index (κ1) is 21.3. The average Bonchev–Trinajstić information content (AvgIpc) is 3.43. The van der Waals surface area contributed by atoms with Crippen molar-refractivity contribution in [2.24, 2.45) is 0 Å². The van der Waals surface area contributed by atoms with Crippen LogP contribution in [0.15, 0.2) is 53.4 Å². The zero-order chi connectivity index (χ0) is 22.0. The Morgan fingerprint density at radius 1 is 1.00 bits per heavy atom. The van der Waals surface area contributed by atoms with Crippen LogP contribution >= 0.6 is 0 Å². The Morgan fingerprint density at radius 2 is 1.71 bits per heavy atom. The van der Waals surface area contributed by atoms with E-state index in [4.69, 9.17) is 0 Å². The average molecular weight is 443 g/mol. The number of hydrogen-bond acceptors (Lipinski definition) is 4. The molecule has 1 atom stereocenters. The summed E-state index contributed by atoms with van der Waals surface area (Å²) in [4.78, 5) is 28.8. The van der Waals surface area contributed by atoms with Gasteiger partial charge in [-0.3, -0.25) is 9.69 Å². The number of benzene rings is 2. The number of para-hydroxylation sites is 1. The van der Waals surface area contributed by atoms with Gasteiger partial charge in [0.2, 0.25) is 15.9 Å². The van der Waals surface area contributed by atoms with E-state index in [9.17, 15) is 18.0 Å². The highest BCUT2D eigenvalue weighted by atomic mass is 32.2. The molecule has 0 aromatic heterocycles. The Bertz CT molecular complexity index is 1080. The largest absolute Gasteiger partial charge is 0.325 e. The van der Waals surface area contributed by atoms with Gasteiger partial charge in [-0.25, -0.2) is 13.2 Å². The Hall–Kier alpha value is -2.91. The number of amides is 3. The molecular formula is C22H26N4O4S. The van der Waals surface area contributed by atoms with E-state index in [0.717, 1.165) is 37.2 Å². The van der Waals surface area contributed by atoms with Gasteiger partial charge < -0.3 is 10.2 Å². The molecule has 2 aromatic carbocycles. The summed E-state index contributed by atoms with van der Waals surface area (Å²) in [5, 5.41) is 2.69. The summed E-state index contributed by atoms with van der Waals surface area (Å²) < 4.78 is 28.1. The van der Waals surface area contributed by atoms with Crippen LogP contribution in [-0.2, 0) is 21.2 Å². The van der Waals surface area contributed by atoms with Gasteiger partial charge >= 0.3 is 6.03 Å². The third-order valence-corrected chi connectivity index (χ3v) is 7.17. The van der Waals surface area contributed by atoms with E-state index in [1.807, 2.05) is 11.0 Å². The van der Waals surface area contributed by atoms with Crippen molar-refractivity contribution in [2.45, 2.75) is 37.1 Å². The van der Waals surface area contributed by atoms with Crippen molar-refractivity contribution >= 4 is 33.3 Å². The molecule has 1 unspecified atom stereocenters. The van der Waals surface area contributed by atoms with E-state index in [1.54, 1.807) is 41.3 Å². The lowest BCUT2D eigenvalue weighted by Gasteiger charge is -2.24. The molecule has 4 rings (SSSR count). The van der Waals surface area contributed by atoms with E-state index in [0.29, 0.717) is 18.7 Å². The molecule has 3 amide bonds. The van der Waals surface area contributed by atoms with Crippen LogP contribution in [0, 0.1) is 0 Å². The summed E-state index contributed by atoms with van der Waals surface area (Å²) >= 11 is 0. The van der Waals surface area contributed by atoms with Gasteiger partial charge in [0.05, 0.1) is 10.9 Å². The molecule has 8 nitrogen and oxygen atoms in total. The number of hydrogen-bond donors (Lipinski definition) is 2. The number of anilines is 2. The number of nitrogens with one attached hydrogen (secondary N) is 2. The van der Waals surface area contributed by atoms with Crippen LogP contribution in [0.1, 0.15) is 25.3 Å². The maximum Gasteiger partial charge on any atom is 0.324 e. The van der Waals surface area contributed by atoms with Crippen molar-refractivity contribution < 1.29 is 18.0 Å². The molecular weight excluding hydrogens is 416 g/mol. The molecule has 1 fully saturated rings. The number of urea groups is 1. The molecule has 2 aliphatic heterocycles. The smallest absolute Gasteiger partial charge is 0.324 e. The van der Waals surface area contributed by atoms with Gasteiger partial charge in [-0.2, -0.15) is 4.72 Å². The van der Waals surface area contributed by atoms with Crippen molar-refractivity contribution in [2.75, 3.05) is 29.9 Å². The second-order valence-corrected chi connectivity index (χ2v) is 9.58. The Morgan fingerprint density at radius 3 is 2.42 bits per heavy atom. The number of sulfonamides is 1. The van der Waals surface area contributed by atoms with Crippen LogP contribution in [0.2, 0.25) is 0 Å². The summed E-state index contributed by atoms with van der Waals surface area (Å²) in [6.07, 6.45) is 2.64. The molecule has 1 saturated heterocycles. The second kappa shape index (κ2) is 8.68. The van der Waals surface area contributed by atoms with Gasteiger partial charge in [-0.15, -0.1) is 0 Å². The molecule has 2 heterocycles. The first-order valence-corrected chi connectivity index (χ1v) is 11.9. The molecule has 164 valence electrons. The molecule has 0 aliphatic carbocycles. The number of fused-ring (bicyclic) bond motifs is 1. The minimum absolute atomic E-state index is 0.0174. The molecule has 31 heavy (non-hydrogen) atoms. The molecule has 0 spiro atoms. The van der Waals surface area contributed by atoms with Crippen LogP contribution in [0.4, 0.5) is 16.2 Å². The van der Waals surface area contributed by atoms with Crippen LogP contribution in [-0.4, -0.2) is 50.9 Å². The van der Waals surface area contributed by atoms with Crippen LogP contribution < -0.4 is 14.9 Å². The van der Waals surface area contributed by atoms with Crippen LogP contribution in [0.5, 0.6) is 0 Å². The summed E-state index contributed by atoms with van der Waals surface area (Å²) in [5.74, 6) is -0.446. The lowest BCUT2D eigenvalue weighted by Crippen LogP contribution is -2.41. The highest BCUT2D eigenvalue weighted by Crippen LogP contribution is 2.31. The fourth-order valence-electron chi connectivity index (χ4n) is 3.95. The second-order valence-electron chi connectivity index (χ2n) is 7.87. The molecule has 9 heteroatoms. The predicted octanol–water partition coefficient (Wildman–Crippen LogP) is 2.57. The zero-order valence-electron chi connectivity index (χ0n) is 17.4. The van der Waals surface area contributed by atoms with Gasteiger partial charge in [-0.05, 0) is 62.1 Å². The number of likely N-dealkylation sites (tertiary alicyclic amines) is 1. The van der Waals surface area contributed by atoms with Crippen LogP contribution in [0.3, 0.4) is 0 Å². The third kappa shape index (κ3) is 4.57. The monoisotopic (exact) mass is 442 g/mol. The quantitative estimate of drug-likeness (QED) is 0.744. The van der Waals surface area contributed by atoms with Crippen molar-refractivity contribution in [1.82, 2.24) is 9.62 Å². The van der Waals surface area contributed by atoms with Crippen molar-refractivity contribution in [3.8, 4) is 0 Å². The molecule has 2 aliphatic rings. The Balaban J connectivity index is 1.45. The fourth-order valence-corrected chi connectivity index (χ4v) is 5.20. The molecule has 2 N–H and O–H groups in total. The van der Waals surface area contributed by atoms with Gasteiger partial charge in [0.25, 0.3) is 0 Å². The van der Waals surface area contributed by atoms with Gasteiger partial charge in [0.1, 0.15) is 0 Å². The van der Waals surface area contributed by atoms with Crippen molar-refractivity contribution in [3.63, 3.8) is 0 Å². The Kier molecular flexibility index (Phi) is 5.97. The maximum atomic E-state index is 12.8. The van der Waals surface area contributed by atoms with E-state index >= 15 is 0 Å². The first-order chi connectivity index (χ1) is 14.8. The fraction of sp³-hybridized carbons (Fsp3) is 0.364. The van der Waals surface area contributed by atoms with E-state index in [2.05, 4.69) is 10.0 Å². The first-order valence-electron chi connectivity index (χ1n) is 10.4. The maximum absolute atomic E-state index is 12.8. The topological polar surface area (TPSA) is 98.8 Å². The highest BCUT2D eigenvalue weighted by molar-refractivity contribution is 7.89. The number of carbonyl (C=O) groups excluding carboxylic acids is 2. The van der Waals surface area contributed by atoms with Gasteiger partial charge in [0, 0.05) is 31.0 Å². The lowest BCUT2D eigenvalue weighted by molar-refractivity contribution is -0.117. The summed E-state index contributed by atoms with van der Waals surface area (Å²) in [7, 11) is -3.90. The third-order valence-electron chi connectivity index (χ3n) is 5.63. The Labute approximate surface area is 182 Å². The molecule has 0 radical (unpaired) electrons. The van der Waals surface area contributed by atoms with Gasteiger partial charge in [0.15, 0.2) is 0 Å². The summed E-state index contributed by atoms with van der Waals surface area (Å²) in [5.41, 5.74) is 2.17. The van der Waals surface area contributed by atoms with Crippen molar-refractivity contribution in [1.29, 1.82) is 0 Å². The number of nitrogens with zero attached hydrogens (tertiary/aromatic N) is 2. The minimum atomic E-state index is -3.90. The van der Waals surface area contributed by atoms with E-state index in [-0.39, 0.29) is 10.9 Å². The zero-order valence-corrected chi connectivity index (χ0v) is 18.2. The minimum Gasteiger partial charge on any atom is -0.325 e. The summed E-state index contributed by atoms with van der Waals surface area (Å²) in [6, 6.07) is 12.6. The number of carbonyl (C=O) groups is 2. The highest BCUT2D eigenvalue weighted by Gasteiger charge is 2.31. The predicted molar refractivity (Wildman–Crippen MR) is 119 cm³/mol. The molecule has 0 saturated carbocycles. The van der Waals surface area contributed by atoms with Crippen molar-refractivity contribution in [3.05, 3.63) is 54.1 Å². The SMILES string of the molecule is CC(NS(=O)(=O)c1ccc2c(c1)CCN2C(=O)N1CCCC1)C(=O)Nc1ccccc1. The number of rotatable bonds is 5. The van der Waals surface area contributed by atoms with E-state index in [1.165, 1.54) is 13.0 Å². The molecule has 2 aromatic rings. The van der Waals surface area contributed by atoms with E-state index < -0.39 is 22.0 Å². The normalized spacial score (nSPS) is 16.8. The summed E-state index contributed by atoms with van der Waals surface area (Å²) in [6.45, 7) is 3.57. The lowest BCUT2D eigenvalue weighted by atomic mass is 10.2. The van der Waals surface area contributed by atoms with Gasteiger partial charge in [-0.1, -0.05) is 18.2 Å². The van der Waals surface area contributed by atoms with Crippen LogP contribution in [0.25, 0.3) is 0 Å².